The van der Waals surface area contributed by atoms with Gasteiger partial charge in [0.15, 0.2) is 0 Å². The van der Waals surface area contributed by atoms with Crippen LogP contribution in [0, 0.1) is 0 Å². The van der Waals surface area contributed by atoms with Crippen molar-refractivity contribution in [2.75, 3.05) is 0 Å². The lowest BCUT2D eigenvalue weighted by atomic mass is 10.1. The van der Waals surface area contributed by atoms with E-state index in [1.807, 2.05) is 41.1 Å². The Kier molecular flexibility index (Phi) is 3.41. The average Bonchev–Trinajstić information content (AvgIpc) is 2.83. The Morgan fingerprint density at radius 1 is 1.00 bits per heavy atom. The zero-order chi connectivity index (χ0) is 15.0. The van der Waals surface area contributed by atoms with Gasteiger partial charge in [0.05, 0.1) is 10.6 Å². The van der Waals surface area contributed by atoms with E-state index in [2.05, 4.69) is 0 Å². The van der Waals surface area contributed by atoms with Gasteiger partial charge in [0.25, 0.3) is 0 Å². The number of hydrogen-bond donors (Lipinski definition) is 0. The molecule has 0 saturated heterocycles. The first-order valence-electron chi connectivity index (χ1n) is 6.34. The molecule has 0 fully saturated rings. The Balaban J connectivity index is 1.99. The van der Waals surface area contributed by atoms with Crippen molar-refractivity contribution in [2.24, 2.45) is 0 Å². The molecule has 108 valence electrons. The fourth-order valence-corrected chi connectivity index (χ4v) is 2.59. The molecule has 0 N–H and O–H groups in total. The Morgan fingerprint density at radius 3 is 2.52 bits per heavy atom. The molecular formula is C16H11ClF3N. The Morgan fingerprint density at radius 2 is 1.76 bits per heavy atom. The molecule has 21 heavy (non-hydrogen) atoms. The van der Waals surface area contributed by atoms with Gasteiger partial charge in [-0.25, -0.2) is 0 Å². The summed E-state index contributed by atoms with van der Waals surface area (Å²) in [4.78, 5) is 0. The minimum atomic E-state index is -4.44. The summed E-state index contributed by atoms with van der Waals surface area (Å²) >= 11 is 5.63. The highest BCUT2D eigenvalue weighted by Gasteiger charge is 2.33. The van der Waals surface area contributed by atoms with Crippen molar-refractivity contribution in [1.82, 2.24) is 4.57 Å². The third kappa shape index (κ3) is 2.76. The normalized spacial score (nSPS) is 12.0. The molecule has 1 heterocycles. The first-order valence-corrected chi connectivity index (χ1v) is 6.72. The van der Waals surface area contributed by atoms with Gasteiger partial charge in [-0.2, -0.15) is 13.2 Å². The zero-order valence-corrected chi connectivity index (χ0v) is 11.6. The highest BCUT2D eigenvalue weighted by molar-refractivity contribution is 6.31. The lowest BCUT2D eigenvalue weighted by Crippen LogP contribution is -2.07. The standard InChI is InChI=1S/C16H11ClF3N/c17-14-6-5-11(9-13(14)16(18,19)20)10-21-8-7-12-3-1-2-4-15(12)21/h1-9H,10H2. The largest absolute Gasteiger partial charge is 0.417 e. The van der Waals surface area contributed by atoms with E-state index < -0.39 is 11.7 Å². The summed E-state index contributed by atoms with van der Waals surface area (Å²) in [5.41, 5.74) is 0.757. The quantitative estimate of drug-likeness (QED) is 0.600. The Labute approximate surface area is 124 Å². The second-order valence-electron chi connectivity index (χ2n) is 4.81. The number of rotatable bonds is 2. The molecule has 5 heteroatoms. The first-order chi connectivity index (χ1) is 9.95. The van der Waals surface area contributed by atoms with Gasteiger partial charge >= 0.3 is 6.18 Å². The smallest absolute Gasteiger partial charge is 0.343 e. The lowest BCUT2D eigenvalue weighted by molar-refractivity contribution is -0.137. The van der Waals surface area contributed by atoms with E-state index in [4.69, 9.17) is 11.6 Å². The first kappa shape index (κ1) is 14.0. The van der Waals surface area contributed by atoms with Crippen LogP contribution in [0.2, 0.25) is 5.02 Å². The molecule has 0 aliphatic carbocycles. The van der Waals surface area contributed by atoms with E-state index in [-0.39, 0.29) is 5.02 Å². The van der Waals surface area contributed by atoms with Gasteiger partial charge < -0.3 is 4.57 Å². The van der Waals surface area contributed by atoms with Crippen molar-refractivity contribution in [1.29, 1.82) is 0 Å². The van der Waals surface area contributed by atoms with Crippen LogP contribution < -0.4 is 0 Å². The molecular weight excluding hydrogens is 299 g/mol. The van der Waals surface area contributed by atoms with Gasteiger partial charge in [-0.15, -0.1) is 0 Å². The van der Waals surface area contributed by atoms with Crippen molar-refractivity contribution < 1.29 is 13.2 Å². The Hall–Kier alpha value is -1.94. The van der Waals surface area contributed by atoms with Crippen molar-refractivity contribution in [3.05, 3.63) is 70.9 Å². The predicted molar refractivity (Wildman–Crippen MR) is 77.5 cm³/mol. The van der Waals surface area contributed by atoms with Crippen molar-refractivity contribution >= 4 is 22.5 Å². The number of benzene rings is 2. The molecule has 0 atom stereocenters. The second kappa shape index (κ2) is 5.11. The summed E-state index contributed by atoms with van der Waals surface area (Å²) in [6, 6.07) is 13.7. The van der Waals surface area contributed by atoms with E-state index >= 15 is 0 Å². The van der Waals surface area contributed by atoms with Gasteiger partial charge in [0.2, 0.25) is 0 Å². The van der Waals surface area contributed by atoms with Gasteiger partial charge in [-0.1, -0.05) is 35.9 Å². The molecule has 0 spiro atoms. The van der Waals surface area contributed by atoms with E-state index in [1.54, 1.807) is 6.07 Å². The van der Waals surface area contributed by atoms with Gasteiger partial charge in [-0.3, -0.25) is 0 Å². The molecule has 3 aromatic rings. The van der Waals surface area contributed by atoms with E-state index in [0.717, 1.165) is 17.0 Å². The van der Waals surface area contributed by atoms with E-state index in [9.17, 15) is 13.2 Å². The topological polar surface area (TPSA) is 4.93 Å². The predicted octanol–water partition coefficient (Wildman–Crippen LogP) is 5.36. The molecule has 2 aromatic carbocycles. The monoisotopic (exact) mass is 309 g/mol. The maximum Gasteiger partial charge on any atom is 0.417 e. The van der Waals surface area contributed by atoms with Crippen molar-refractivity contribution in [2.45, 2.75) is 12.7 Å². The summed E-state index contributed by atoms with van der Waals surface area (Å²) < 4.78 is 40.5. The highest BCUT2D eigenvalue weighted by atomic mass is 35.5. The van der Waals surface area contributed by atoms with Gasteiger partial charge in [-0.05, 0) is 35.2 Å². The van der Waals surface area contributed by atoms with Crippen LogP contribution in [-0.4, -0.2) is 4.57 Å². The number of fused-ring (bicyclic) bond motifs is 1. The van der Waals surface area contributed by atoms with Crippen LogP contribution in [0.5, 0.6) is 0 Å². The summed E-state index contributed by atoms with van der Waals surface area (Å²) in [7, 11) is 0. The number of nitrogens with zero attached hydrogens (tertiary/aromatic N) is 1. The maximum atomic E-state index is 12.9. The van der Waals surface area contributed by atoms with Gasteiger partial charge in [0, 0.05) is 18.3 Å². The molecule has 0 aliphatic rings. The second-order valence-corrected chi connectivity index (χ2v) is 5.22. The van der Waals surface area contributed by atoms with Gasteiger partial charge in [0.1, 0.15) is 0 Å². The highest BCUT2D eigenvalue weighted by Crippen LogP contribution is 2.35. The fourth-order valence-electron chi connectivity index (χ4n) is 2.36. The minimum absolute atomic E-state index is 0.274. The number of alkyl halides is 3. The molecule has 1 aromatic heterocycles. The molecule has 0 aliphatic heterocycles. The molecule has 0 amide bonds. The minimum Gasteiger partial charge on any atom is -0.343 e. The number of halogens is 4. The van der Waals surface area contributed by atoms with Crippen LogP contribution in [0.3, 0.4) is 0 Å². The average molecular weight is 310 g/mol. The molecule has 0 unspecified atom stereocenters. The number of hydrogen-bond acceptors (Lipinski definition) is 0. The summed E-state index contributed by atoms with van der Waals surface area (Å²) in [6.45, 7) is 0.369. The third-order valence-electron chi connectivity index (χ3n) is 3.37. The van der Waals surface area contributed by atoms with Crippen molar-refractivity contribution in [3.8, 4) is 0 Å². The molecule has 0 bridgehead atoms. The molecule has 3 rings (SSSR count). The van der Waals surface area contributed by atoms with Crippen LogP contribution in [0.25, 0.3) is 10.9 Å². The lowest BCUT2D eigenvalue weighted by Gasteiger charge is -2.12. The maximum absolute atomic E-state index is 12.9. The molecule has 0 radical (unpaired) electrons. The number of para-hydroxylation sites is 1. The molecule has 1 nitrogen and oxygen atoms in total. The summed E-state index contributed by atoms with van der Waals surface area (Å²) in [6.07, 6.45) is -2.57. The van der Waals surface area contributed by atoms with Crippen LogP contribution in [0.1, 0.15) is 11.1 Å². The van der Waals surface area contributed by atoms with Crippen molar-refractivity contribution in [3.63, 3.8) is 0 Å². The van der Waals surface area contributed by atoms with Crippen LogP contribution >= 0.6 is 11.6 Å². The van der Waals surface area contributed by atoms with Crippen LogP contribution in [-0.2, 0) is 12.7 Å². The molecule has 0 saturated carbocycles. The third-order valence-corrected chi connectivity index (χ3v) is 3.70. The Bertz CT molecular complexity index is 790. The fraction of sp³-hybridized carbons (Fsp3) is 0.125. The van der Waals surface area contributed by atoms with E-state index in [0.29, 0.717) is 12.1 Å². The summed E-state index contributed by atoms with van der Waals surface area (Å²) in [5, 5.41) is 0.783. The van der Waals surface area contributed by atoms with Crippen LogP contribution in [0.4, 0.5) is 13.2 Å². The van der Waals surface area contributed by atoms with Crippen LogP contribution in [0.15, 0.2) is 54.7 Å². The summed E-state index contributed by atoms with van der Waals surface area (Å²) in [5.74, 6) is 0. The number of aromatic nitrogens is 1. The van der Waals surface area contributed by atoms with E-state index in [1.165, 1.54) is 6.07 Å². The zero-order valence-electron chi connectivity index (χ0n) is 10.9. The SMILES string of the molecule is FC(F)(F)c1cc(Cn2ccc3ccccc32)ccc1Cl.